The average Bonchev–Trinajstić information content (AvgIpc) is 2.71. The molecule has 0 bridgehead atoms. The molecule has 1 aromatic heterocycles. The van der Waals surface area contributed by atoms with E-state index in [4.69, 9.17) is 4.74 Å². The van der Waals surface area contributed by atoms with E-state index in [1.54, 1.807) is 22.9 Å². The number of amides is 1. The molecule has 2 aromatic carbocycles. The zero-order valence-electron chi connectivity index (χ0n) is 15.1. The smallest absolute Gasteiger partial charge is 0.263 e. The Morgan fingerprint density at radius 2 is 1.96 bits per heavy atom. The van der Waals surface area contributed by atoms with E-state index < -0.39 is 0 Å². The minimum atomic E-state index is -0.370. The highest BCUT2D eigenvalue weighted by Gasteiger charge is 2.24. The van der Waals surface area contributed by atoms with Crippen molar-refractivity contribution in [3.63, 3.8) is 0 Å². The van der Waals surface area contributed by atoms with Gasteiger partial charge in [0.25, 0.3) is 11.5 Å². The number of hydrogen-bond acceptors (Lipinski definition) is 3. The van der Waals surface area contributed by atoms with Crippen molar-refractivity contribution in [3.8, 4) is 5.75 Å². The molecule has 1 unspecified atom stereocenters. The first kappa shape index (κ1) is 18.5. The normalized spacial score (nSPS) is 15.4. The van der Waals surface area contributed by atoms with E-state index in [-0.39, 0.29) is 23.1 Å². The zero-order valence-corrected chi connectivity index (χ0v) is 16.7. The molecule has 0 fully saturated rings. The molecule has 0 saturated heterocycles. The Balaban J connectivity index is 1.57. The van der Waals surface area contributed by atoms with Crippen LogP contribution in [0.25, 0.3) is 0 Å². The summed E-state index contributed by atoms with van der Waals surface area (Å²) < 4.78 is 8.14. The number of carbonyl (C=O) groups is 1. The lowest BCUT2D eigenvalue weighted by molar-refractivity contribution is 0.0922. The van der Waals surface area contributed by atoms with Gasteiger partial charge in [-0.2, -0.15) is 0 Å². The predicted octanol–water partition coefficient (Wildman–Crippen LogP) is 3.91. The Bertz CT molecular complexity index is 1060. The molecule has 1 aliphatic rings. The summed E-state index contributed by atoms with van der Waals surface area (Å²) in [6.07, 6.45) is 2.35. The van der Waals surface area contributed by atoms with E-state index >= 15 is 0 Å². The summed E-state index contributed by atoms with van der Waals surface area (Å²) >= 11 is 3.46. The second-order valence-corrected chi connectivity index (χ2v) is 7.60. The fourth-order valence-corrected chi connectivity index (χ4v) is 3.74. The maximum Gasteiger partial charge on any atom is 0.263 e. The molecule has 142 valence electrons. The fourth-order valence-electron chi connectivity index (χ4n) is 3.37. The molecule has 28 heavy (non-hydrogen) atoms. The summed E-state index contributed by atoms with van der Waals surface area (Å²) in [6.45, 7) is 0.945. The molecule has 1 N–H and O–H groups in total. The van der Waals surface area contributed by atoms with Crippen LogP contribution >= 0.6 is 15.9 Å². The second kappa shape index (κ2) is 8.02. The third-order valence-electron chi connectivity index (χ3n) is 4.78. The summed E-state index contributed by atoms with van der Waals surface area (Å²) in [7, 11) is 0. The van der Waals surface area contributed by atoms with Gasteiger partial charge in [0, 0.05) is 22.7 Å². The van der Waals surface area contributed by atoms with Gasteiger partial charge in [0.05, 0.1) is 19.2 Å². The van der Waals surface area contributed by atoms with Gasteiger partial charge in [-0.25, -0.2) is 0 Å². The highest BCUT2D eigenvalue weighted by Crippen LogP contribution is 2.34. The summed E-state index contributed by atoms with van der Waals surface area (Å²) in [5.74, 6) is 0.388. The van der Waals surface area contributed by atoms with Crippen molar-refractivity contribution in [1.82, 2.24) is 9.88 Å². The maximum atomic E-state index is 12.9. The number of ether oxygens (including phenoxy) is 1. The lowest BCUT2D eigenvalue weighted by Crippen LogP contribution is -2.36. The van der Waals surface area contributed by atoms with Gasteiger partial charge in [0.2, 0.25) is 0 Å². The standard InChI is InChI=1S/C22H19BrN2O3/c23-16-8-9-20-18(13-16)19(10-12-28-20)24-21(26)17-7-4-11-25(22(17)27)14-15-5-2-1-3-6-15/h1-9,11,13,19H,10,12,14H2,(H,24,26). The zero-order chi connectivity index (χ0) is 19.5. The summed E-state index contributed by atoms with van der Waals surface area (Å²) in [4.78, 5) is 25.7. The average molecular weight is 439 g/mol. The molecule has 1 amide bonds. The van der Waals surface area contributed by atoms with Crippen LogP contribution in [0, 0.1) is 0 Å². The number of fused-ring (bicyclic) bond motifs is 1. The van der Waals surface area contributed by atoms with Gasteiger partial charge in [0.1, 0.15) is 11.3 Å². The van der Waals surface area contributed by atoms with E-state index in [0.717, 1.165) is 21.3 Å². The van der Waals surface area contributed by atoms with Crippen LogP contribution in [0.3, 0.4) is 0 Å². The van der Waals surface area contributed by atoms with Crippen molar-refractivity contribution < 1.29 is 9.53 Å². The Hall–Kier alpha value is -2.86. The highest BCUT2D eigenvalue weighted by molar-refractivity contribution is 9.10. The third-order valence-corrected chi connectivity index (χ3v) is 5.27. The van der Waals surface area contributed by atoms with Crippen LogP contribution in [-0.2, 0) is 6.54 Å². The van der Waals surface area contributed by atoms with Gasteiger partial charge >= 0.3 is 0 Å². The van der Waals surface area contributed by atoms with E-state index in [1.165, 1.54) is 0 Å². The minimum Gasteiger partial charge on any atom is -0.493 e. The van der Waals surface area contributed by atoms with Crippen LogP contribution in [0.4, 0.5) is 0 Å². The van der Waals surface area contributed by atoms with Crippen molar-refractivity contribution in [2.45, 2.75) is 19.0 Å². The first-order valence-corrected chi connectivity index (χ1v) is 9.87. The van der Waals surface area contributed by atoms with Crippen LogP contribution in [0.5, 0.6) is 5.75 Å². The Labute approximate surface area is 171 Å². The minimum absolute atomic E-state index is 0.140. The number of rotatable bonds is 4. The third kappa shape index (κ3) is 3.87. The van der Waals surface area contributed by atoms with Gasteiger partial charge in [-0.3, -0.25) is 9.59 Å². The number of nitrogens with zero attached hydrogens (tertiary/aromatic N) is 1. The van der Waals surface area contributed by atoms with Crippen LogP contribution in [0.1, 0.15) is 33.9 Å². The van der Waals surface area contributed by atoms with Crippen LogP contribution in [0.15, 0.2) is 76.1 Å². The van der Waals surface area contributed by atoms with Gasteiger partial charge in [-0.05, 0) is 35.9 Å². The van der Waals surface area contributed by atoms with Crippen LogP contribution < -0.4 is 15.6 Å². The molecule has 0 saturated carbocycles. The second-order valence-electron chi connectivity index (χ2n) is 6.69. The van der Waals surface area contributed by atoms with Crippen molar-refractivity contribution in [2.24, 2.45) is 0 Å². The molecule has 1 aliphatic heterocycles. The number of carbonyl (C=O) groups excluding carboxylic acids is 1. The van der Waals surface area contributed by atoms with Gasteiger partial charge in [-0.15, -0.1) is 0 Å². The van der Waals surface area contributed by atoms with E-state index in [2.05, 4.69) is 21.2 Å². The first-order valence-electron chi connectivity index (χ1n) is 9.08. The molecule has 0 aliphatic carbocycles. The monoisotopic (exact) mass is 438 g/mol. The number of hydrogen-bond donors (Lipinski definition) is 1. The van der Waals surface area contributed by atoms with Crippen molar-refractivity contribution >= 4 is 21.8 Å². The molecular weight excluding hydrogens is 420 g/mol. The molecular formula is C22H19BrN2O3. The highest BCUT2D eigenvalue weighted by atomic mass is 79.9. The van der Waals surface area contributed by atoms with Crippen LogP contribution in [-0.4, -0.2) is 17.1 Å². The number of halogens is 1. The molecule has 3 aromatic rings. The predicted molar refractivity (Wildman–Crippen MR) is 111 cm³/mol. The number of pyridine rings is 1. The Kier molecular flexibility index (Phi) is 5.30. The molecule has 5 nitrogen and oxygen atoms in total. The van der Waals surface area contributed by atoms with Crippen molar-refractivity contribution in [1.29, 1.82) is 0 Å². The van der Waals surface area contributed by atoms with E-state index in [1.807, 2.05) is 48.5 Å². The Morgan fingerprint density at radius 1 is 1.14 bits per heavy atom. The van der Waals surface area contributed by atoms with Crippen molar-refractivity contribution in [3.05, 3.63) is 98.4 Å². The number of aromatic nitrogens is 1. The van der Waals surface area contributed by atoms with Crippen LogP contribution in [0.2, 0.25) is 0 Å². The number of nitrogens with one attached hydrogen (secondary N) is 1. The van der Waals surface area contributed by atoms with Gasteiger partial charge in [0.15, 0.2) is 0 Å². The lowest BCUT2D eigenvalue weighted by atomic mass is 10.0. The van der Waals surface area contributed by atoms with E-state index in [9.17, 15) is 9.59 Å². The quantitative estimate of drug-likeness (QED) is 0.671. The molecule has 0 radical (unpaired) electrons. The molecule has 6 heteroatoms. The summed E-state index contributed by atoms with van der Waals surface area (Å²) in [6, 6.07) is 18.5. The van der Waals surface area contributed by atoms with E-state index in [0.29, 0.717) is 19.6 Å². The topological polar surface area (TPSA) is 60.3 Å². The molecule has 0 spiro atoms. The van der Waals surface area contributed by atoms with Gasteiger partial charge < -0.3 is 14.6 Å². The lowest BCUT2D eigenvalue weighted by Gasteiger charge is -2.27. The number of benzene rings is 2. The first-order chi connectivity index (χ1) is 13.6. The maximum absolute atomic E-state index is 12.9. The summed E-state index contributed by atoms with van der Waals surface area (Å²) in [5, 5.41) is 3.00. The Morgan fingerprint density at radius 3 is 2.79 bits per heavy atom. The largest absolute Gasteiger partial charge is 0.493 e. The fraction of sp³-hybridized carbons (Fsp3) is 0.182. The molecule has 2 heterocycles. The van der Waals surface area contributed by atoms with Crippen molar-refractivity contribution in [2.75, 3.05) is 6.61 Å². The van der Waals surface area contributed by atoms with Gasteiger partial charge in [-0.1, -0.05) is 46.3 Å². The summed E-state index contributed by atoms with van der Waals surface area (Å²) in [5.41, 5.74) is 1.76. The molecule has 4 rings (SSSR count). The molecule has 1 atom stereocenters. The SMILES string of the molecule is O=C(NC1CCOc2ccc(Br)cc21)c1cccn(Cc2ccccc2)c1=O.